The maximum atomic E-state index is 12.3. The first-order valence-electron chi connectivity index (χ1n) is 10.0. The summed E-state index contributed by atoms with van der Waals surface area (Å²) >= 11 is 0. The highest BCUT2D eigenvalue weighted by Crippen LogP contribution is 2.04. The summed E-state index contributed by atoms with van der Waals surface area (Å²) < 4.78 is 0. The molecule has 16 heteroatoms. The van der Waals surface area contributed by atoms with Crippen molar-refractivity contribution in [2.24, 2.45) is 11.5 Å². The number of carbonyl (C=O) groups excluding carboxylic acids is 4. The van der Waals surface area contributed by atoms with Gasteiger partial charge in [0.05, 0.1) is 12.6 Å². The van der Waals surface area contributed by atoms with E-state index in [1.807, 2.05) is 5.32 Å². The lowest BCUT2D eigenvalue weighted by Gasteiger charge is -2.21. The second-order valence-electron chi connectivity index (χ2n) is 7.18. The van der Waals surface area contributed by atoms with Crippen LogP contribution in [0.3, 0.4) is 0 Å². The van der Waals surface area contributed by atoms with E-state index < -0.39 is 91.6 Å². The number of rotatable bonds is 17. The van der Waals surface area contributed by atoms with Gasteiger partial charge in [-0.05, 0) is 19.3 Å². The molecule has 0 rings (SSSR count). The molecule has 0 aliphatic rings. The number of amides is 4. The van der Waals surface area contributed by atoms with E-state index >= 15 is 0 Å². The number of nitrogens with one attached hydrogen (secondary N) is 3. The number of carboxylic acid groups (broad SMARTS) is 3. The fraction of sp³-hybridized carbons (Fsp3) is 0.611. The lowest BCUT2D eigenvalue weighted by Crippen LogP contribution is -2.53. The number of hydrogen-bond acceptors (Lipinski definition) is 9. The van der Waals surface area contributed by atoms with E-state index in [9.17, 15) is 38.7 Å². The van der Waals surface area contributed by atoms with Crippen LogP contribution >= 0.6 is 0 Å². The Morgan fingerprint density at radius 3 is 1.68 bits per heavy atom. The minimum atomic E-state index is -1.67. The molecule has 0 unspecified atom stereocenters. The smallest absolute Gasteiger partial charge is 0.328 e. The molecule has 192 valence electrons. The Kier molecular flexibility index (Phi) is 13.4. The summed E-state index contributed by atoms with van der Waals surface area (Å²) in [5.74, 6) is -7.87. The molecule has 0 aromatic heterocycles. The van der Waals surface area contributed by atoms with Crippen LogP contribution in [0, 0.1) is 0 Å². The molecule has 34 heavy (non-hydrogen) atoms. The summed E-state index contributed by atoms with van der Waals surface area (Å²) in [4.78, 5) is 80.4. The molecule has 11 N–H and O–H groups in total. The molecule has 16 nitrogen and oxygen atoms in total. The van der Waals surface area contributed by atoms with Gasteiger partial charge in [-0.1, -0.05) is 0 Å². The normalized spacial score (nSPS) is 14.1. The van der Waals surface area contributed by atoms with E-state index in [1.54, 1.807) is 0 Å². The minimum absolute atomic E-state index is 0.240. The van der Waals surface area contributed by atoms with Crippen molar-refractivity contribution in [2.45, 2.75) is 62.7 Å². The average molecular weight is 491 g/mol. The lowest BCUT2D eigenvalue weighted by molar-refractivity contribution is -0.143. The van der Waals surface area contributed by atoms with E-state index in [4.69, 9.17) is 26.8 Å². The number of hydrogen-bond donors (Lipinski definition) is 9. The molecule has 0 saturated carbocycles. The molecule has 0 spiro atoms. The molecule has 0 saturated heterocycles. The molecule has 0 heterocycles. The summed E-state index contributed by atoms with van der Waals surface area (Å²) in [6, 6.07) is -5.94. The van der Waals surface area contributed by atoms with Gasteiger partial charge in [0.1, 0.15) is 18.1 Å². The lowest BCUT2D eigenvalue weighted by atomic mass is 10.1. The van der Waals surface area contributed by atoms with Gasteiger partial charge in [0, 0.05) is 19.3 Å². The fourth-order valence-electron chi connectivity index (χ4n) is 2.50. The molecule has 0 aliphatic heterocycles. The molecule has 0 fully saturated rings. The third kappa shape index (κ3) is 12.3. The van der Waals surface area contributed by atoms with Crippen molar-refractivity contribution in [3.05, 3.63) is 0 Å². The Morgan fingerprint density at radius 2 is 1.21 bits per heavy atom. The highest BCUT2D eigenvalue weighted by atomic mass is 16.4. The molecule has 0 bridgehead atoms. The Balaban J connectivity index is 5.05. The van der Waals surface area contributed by atoms with Gasteiger partial charge in [-0.2, -0.15) is 0 Å². The number of carbonyl (C=O) groups is 7. The monoisotopic (exact) mass is 491 g/mol. The van der Waals surface area contributed by atoms with Crippen LogP contribution in [-0.4, -0.2) is 92.7 Å². The molecule has 0 aromatic carbocycles. The van der Waals surface area contributed by atoms with Crippen LogP contribution < -0.4 is 27.4 Å². The van der Waals surface area contributed by atoms with Crippen LogP contribution in [0.5, 0.6) is 0 Å². The average Bonchev–Trinajstić information content (AvgIpc) is 2.74. The first kappa shape index (κ1) is 30.2. The van der Waals surface area contributed by atoms with Crippen LogP contribution in [0.15, 0.2) is 0 Å². The van der Waals surface area contributed by atoms with Crippen LogP contribution in [0.1, 0.15) is 38.5 Å². The summed E-state index contributed by atoms with van der Waals surface area (Å²) in [7, 11) is 0. The van der Waals surface area contributed by atoms with E-state index in [-0.39, 0.29) is 19.3 Å². The van der Waals surface area contributed by atoms with Crippen LogP contribution in [0.4, 0.5) is 0 Å². The standard InChI is InChI=1S/C18H29N5O11/c19-8(1-6-14(27)28)15(29)22-10(17(31)32)3-5-13(26)21-9(2-4-12(20)25)16(30)23-11(7-24)18(33)34/h8-11,24H,1-7,19H2,(H2,20,25)(H,21,26)(H,22,29)(H,23,30)(H,27,28)(H,31,32)(H,33,34)/t8-,9-,10-,11-/m0/s1. The summed E-state index contributed by atoms with van der Waals surface area (Å²) in [6.45, 7) is -0.938. The molecule has 4 atom stereocenters. The molecular weight excluding hydrogens is 462 g/mol. The second-order valence-corrected chi connectivity index (χ2v) is 7.18. The van der Waals surface area contributed by atoms with Crippen molar-refractivity contribution in [1.29, 1.82) is 0 Å². The van der Waals surface area contributed by atoms with E-state index in [0.717, 1.165) is 0 Å². The van der Waals surface area contributed by atoms with Gasteiger partial charge in [0.15, 0.2) is 0 Å². The van der Waals surface area contributed by atoms with Gasteiger partial charge in [-0.25, -0.2) is 9.59 Å². The van der Waals surface area contributed by atoms with Crippen molar-refractivity contribution in [1.82, 2.24) is 16.0 Å². The number of nitrogens with two attached hydrogens (primary N) is 2. The minimum Gasteiger partial charge on any atom is -0.481 e. The van der Waals surface area contributed by atoms with Gasteiger partial charge in [0.2, 0.25) is 23.6 Å². The summed E-state index contributed by atoms with van der Waals surface area (Å²) in [5, 5.41) is 42.1. The topological polar surface area (TPSA) is 289 Å². The number of aliphatic hydroxyl groups is 1. The van der Waals surface area contributed by atoms with Crippen molar-refractivity contribution in [3.63, 3.8) is 0 Å². The van der Waals surface area contributed by atoms with Crippen molar-refractivity contribution in [3.8, 4) is 0 Å². The van der Waals surface area contributed by atoms with Gasteiger partial charge < -0.3 is 47.8 Å². The zero-order valence-corrected chi connectivity index (χ0v) is 18.1. The van der Waals surface area contributed by atoms with Gasteiger partial charge in [-0.15, -0.1) is 0 Å². The zero-order valence-electron chi connectivity index (χ0n) is 18.1. The molecule has 0 aromatic rings. The van der Waals surface area contributed by atoms with Crippen LogP contribution in [0.25, 0.3) is 0 Å². The number of aliphatic hydroxyl groups excluding tert-OH is 1. The van der Waals surface area contributed by atoms with Crippen molar-refractivity contribution in [2.75, 3.05) is 6.61 Å². The van der Waals surface area contributed by atoms with Crippen LogP contribution in [0.2, 0.25) is 0 Å². The van der Waals surface area contributed by atoms with Gasteiger partial charge >= 0.3 is 17.9 Å². The van der Waals surface area contributed by atoms with E-state index in [2.05, 4.69) is 10.6 Å². The highest BCUT2D eigenvalue weighted by Gasteiger charge is 2.28. The quantitative estimate of drug-likeness (QED) is 0.0936. The predicted molar refractivity (Wildman–Crippen MR) is 111 cm³/mol. The van der Waals surface area contributed by atoms with E-state index in [0.29, 0.717) is 0 Å². The predicted octanol–water partition coefficient (Wildman–Crippen LogP) is -4.16. The zero-order chi connectivity index (χ0) is 26.4. The maximum absolute atomic E-state index is 12.3. The van der Waals surface area contributed by atoms with Crippen LogP contribution in [-0.2, 0) is 33.6 Å². The Labute approximate surface area is 193 Å². The van der Waals surface area contributed by atoms with Crippen molar-refractivity contribution >= 4 is 41.5 Å². The molecule has 4 amide bonds. The van der Waals surface area contributed by atoms with E-state index in [1.165, 1.54) is 0 Å². The van der Waals surface area contributed by atoms with Gasteiger partial charge in [-0.3, -0.25) is 24.0 Å². The van der Waals surface area contributed by atoms with Gasteiger partial charge in [0.25, 0.3) is 0 Å². The summed E-state index contributed by atoms with van der Waals surface area (Å²) in [6.07, 6.45) is -2.25. The Hall–Kier alpha value is -3.79. The largest absolute Gasteiger partial charge is 0.481 e. The number of aliphatic carboxylic acids is 3. The molecule has 0 aliphatic carbocycles. The third-order valence-corrected chi connectivity index (χ3v) is 4.41. The Bertz CT molecular complexity index is 788. The Morgan fingerprint density at radius 1 is 0.676 bits per heavy atom. The third-order valence-electron chi connectivity index (χ3n) is 4.41. The second kappa shape index (κ2) is 15.1. The number of primary amides is 1. The summed E-state index contributed by atoms with van der Waals surface area (Å²) in [5.41, 5.74) is 10.5. The fourth-order valence-corrected chi connectivity index (χ4v) is 2.50. The number of carboxylic acids is 3. The SMILES string of the molecule is NC(=O)CC[C@H](NC(=O)CC[C@H](NC(=O)[C@@H](N)CCC(=O)O)C(=O)O)C(=O)N[C@@H](CO)C(=O)O. The first-order chi connectivity index (χ1) is 15.8. The maximum Gasteiger partial charge on any atom is 0.328 e. The first-order valence-corrected chi connectivity index (χ1v) is 10.0. The van der Waals surface area contributed by atoms with Crippen molar-refractivity contribution < 1.29 is 54.0 Å². The molecular formula is C18H29N5O11. The highest BCUT2D eigenvalue weighted by molar-refractivity contribution is 5.91. The molecule has 0 radical (unpaired) electrons.